The van der Waals surface area contributed by atoms with Crippen molar-refractivity contribution in [1.29, 1.82) is 0 Å². The van der Waals surface area contributed by atoms with E-state index in [1.165, 1.54) is 11.8 Å². The monoisotopic (exact) mass is 611 g/mol. The Labute approximate surface area is 261 Å². The van der Waals surface area contributed by atoms with Crippen LogP contribution in [0.1, 0.15) is 92.0 Å². The van der Waals surface area contributed by atoms with Crippen LogP contribution in [0.3, 0.4) is 0 Å². The number of phenols is 1. The second-order valence-corrected chi connectivity index (χ2v) is 13.9. The lowest BCUT2D eigenvalue weighted by Gasteiger charge is -2.43. The van der Waals surface area contributed by atoms with Crippen molar-refractivity contribution in [3.05, 3.63) is 65.2 Å². The molecule has 0 aliphatic carbocycles. The number of nitrogens with one attached hydrogen (secondary N) is 2. The summed E-state index contributed by atoms with van der Waals surface area (Å²) < 4.78 is 11.0. The van der Waals surface area contributed by atoms with E-state index in [0.29, 0.717) is 5.56 Å². The van der Waals surface area contributed by atoms with Gasteiger partial charge in [-0.1, -0.05) is 48.5 Å². The van der Waals surface area contributed by atoms with Gasteiger partial charge in [0.2, 0.25) is 11.8 Å². The number of benzene rings is 2. The first-order chi connectivity index (χ1) is 20.1. The summed E-state index contributed by atoms with van der Waals surface area (Å²) >= 11 is 0. The van der Waals surface area contributed by atoms with Gasteiger partial charge in [0, 0.05) is 17.5 Å². The van der Waals surface area contributed by atoms with E-state index < -0.39 is 58.7 Å². The van der Waals surface area contributed by atoms with Gasteiger partial charge in [0.05, 0.1) is 0 Å². The summed E-state index contributed by atoms with van der Waals surface area (Å²) in [6.45, 7) is 18.7. The molecule has 0 saturated carbocycles. The van der Waals surface area contributed by atoms with Crippen LogP contribution in [0.2, 0.25) is 0 Å². The molecule has 10 nitrogen and oxygen atoms in total. The molecule has 0 aromatic heterocycles. The van der Waals surface area contributed by atoms with Crippen molar-refractivity contribution >= 4 is 23.9 Å². The fraction of sp³-hybridized carbons (Fsp3) is 0.529. The number of aryl methyl sites for hydroxylation is 1. The standard InChI is InChI=1S/C34H49N3O7/c1-21-16-15-19-24(27(21)38)26(37(32(3,4)5)29(40)22(2)35-31(42)44-34(9,10)11)28(39)36-25(30(41)43-33(6,7)8)20-23-17-13-12-14-18-23/h12-19,22,25-26,38H,20H2,1-11H3,(H,35,42)(H,36,39). The molecule has 0 saturated heterocycles. The average molecular weight is 612 g/mol. The van der Waals surface area contributed by atoms with Crippen molar-refractivity contribution in [2.45, 2.75) is 117 Å². The number of amides is 3. The first-order valence-electron chi connectivity index (χ1n) is 14.8. The lowest BCUT2D eigenvalue weighted by Crippen LogP contribution is -2.59. The predicted octanol–water partition coefficient (Wildman–Crippen LogP) is 5.35. The number of ether oxygens (including phenoxy) is 2. The summed E-state index contributed by atoms with van der Waals surface area (Å²) in [7, 11) is 0. The van der Waals surface area contributed by atoms with Crippen LogP contribution in [-0.4, -0.2) is 62.7 Å². The molecule has 0 aliphatic heterocycles. The van der Waals surface area contributed by atoms with E-state index in [1.807, 2.05) is 30.3 Å². The quantitative estimate of drug-likeness (QED) is 0.326. The lowest BCUT2D eigenvalue weighted by atomic mass is 9.93. The predicted molar refractivity (Wildman–Crippen MR) is 169 cm³/mol. The third-order valence-electron chi connectivity index (χ3n) is 6.42. The molecule has 3 N–H and O–H groups in total. The first-order valence-corrected chi connectivity index (χ1v) is 14.8. The number of carbonyl (C=O) groups excluding carboxylic acids is 4. The van der Waals surface area contributed by atoms with Gasteiger partial charge in [0.15, 0.2) is 0 Å². The highest BCUT2D eigenvalue weighted by molar-refractivity contribution is 5.94. The summed E-state index contributed by atoms with van der Waals surface area (Å²) in [5.41, 5.74) is -1.15. The Hall–Kier alpha value is -4.08. The molecule has 0 spiro atoms. The topological polar surface area (TPSA) is 134 Å². The van der Waals surface area contributed by atoms with Gasteiger partial charge in [-0.05, 0) is 87.3 Å². The zero-order valence-corrected chi connectivity index (χ0v) is 27.9. The van der Waals surface area contributed by atoms with Crippen LogP contribution in [0.5, 0.6) is 5.75 Å². The second-order valence-electron chi connectivity index (χ2n) is 13.9. The highest BCUT2D eigenvalue weighted by Crippen LogP contribution is 2.36. The summed E-state index contributed by atoms with van der Waals surface area (Å²) in [5.74, 6) is -2.11. The summed E-state index contributed by atoms with van der Waals surface area (Å²) in [6, 6.07) is 10.5. The fourth-order valence-electron chi connectivity index (χ4n) is 4.57. The summed E-state index contributed by atoms with van der Waals surface area (Å²) in [5, 5.41) is 16.5. The Bertz CT molecular complexity index is 1320. The second kappa shape index (κ2) is 14.1. The van der Waals surface area contributed by atoms with E-state index in [2.05, 4.69) is 10.6 Å². The SMILES string of the molecule is Cc1cccc(C(C(=O)NC(Cc2ccccc2)C(=O)OC(C)(C)C)N(C(=O)C(C)NC(=O)OC(C)(C)C)C(C)(C)C)c1O. The van der Waals surface area contributed by atoms with E-state index in [4.69, 9.17) is 9.47 Å². The van der Waals surface area contributed by atoms with Gasteiger partial charge in [-0.2, -0.15) is 0 Å². The number of phenolic OH excluding ortho intramolecular Hbond substituents is 1. The third-order valence-corrected chi connectivity index (χ3v) is 6.42. The van der Waals surface area contributed by atoms with Gasteiger partial charge in [0.25, 0.3) is 0 Å². The minimum atomic E-state index is -1.38. The molecule has 0 fully saturated rings. The van der Waals surface area contributed by atoms with Crippen LogP contribution in [-0.2, 0) is 30.3 Å². The molecule has 3 unspecified atom stereocenters. The molecular weight excluding hydrogens is 562 g/mol. The molecule has 242 valence electrons. The van der Waals surface area contributed by atoms with Crippen LogP contribution in [0.15, 0.2) is 48.5 Å². The number of para-hydroxylation sites is 1. The molecule has 0 bridgehead atoms. The van der Waals surface area contributed by atoms with Crippen molar-refractivity contribution in [2.75, 3.05) is 0 Å². The van der Waals surface area contributed by atoms with Crippen LogP contribution in [0.25, 0.3) is 0 Å². The minimum Gasteiger partial charge on any atom is -0.507 e. The summed E-state index contributed by atoms with van der Waals surface area (Å²) in [6.07, 6.45) is -0.659. The van der Waals surface area contributed by atoms with Crippen molar-refractivity contribution in [1.82, 2.24) is 15.5 Å². The number of carbonyl (C=O) groups is 4. The van der Waals surface area contributed by atoms with E-state index >= 15 is 0 Å². The Balaban J connectivity index is 2.62. The number of alkyl carbamates (subject to hydrolysis) is 1. The van der Waals surface area contributed by atoms with Crippen molar-refractivity contribution < 1.29 is 33.8 Å². The first kappa shape index (κ1) is 36.1. The van der Waals surface area contributed by atoms with Crippen LogP contribution in [0, 0.1) is 6.92 Å². The van der Waals surface area contributed by atoms with Crippen LogP contribution >= 0.6 is 0 Å². The highest BCUT2D eigenvalue weighted by Gasteiger charge is 2.43. The van der Waals surface area contributed by atoms with Gasteiger partial charge >= 0.3 is 12.1 Å². The molecule has 2 aromatic carbocycles. The van der Waals surface area contributed by atoms with Crippen LogP contribution < -0.4 is 10.6 Å². The van der Waals surface area contributed by atoms with Gasteiger partial charge in [-0.3, -0.25) is 9.59 Å². The van der Waals surface area contributed by atoms with Gasteiger partial charge in [0.1, 0.15) is 35.1 Å². The maximum Gasteiger partial charge on any atom is 0.408 e. The minimum absolute atomic E-state index is 0.133. The van der Waals surface area contributed by atoms with E-state index in [9.17, 15) is 24.3 Å². The Morgan fingerprint density at radius 2 is 1.39 bits per heavy atom. The zero-order chi connectivity index (χ0) is 33.6. The largest absolute Gasteiger partial charge is 0.507 e. The van der Waals surface area contributed by atoms with Crippen LogP contribution in [0.4, 0.5) is 4.79 Å². The molecule has 10 heteroatoms. The molecule has 2 aromatic rings. The van der Waals surface area contributed by atoms with Crippen molar-refractivity contribution in [3.63, 3.8) is 0 Å². The molecule has 0 heterocycles. The molecule has 2 rings (SSSR count). The maximum absolute atomic E-state index is 14.4. The maximum atomic E-state index is 14.4. The van der Waals surface area contributed by atoms with E-state index in [-0.39, 0.29) is 17.7 Å². The lowest BCUT2D eigenvalue weighted by molar-refractivity contribution is -0.159. The molecular formula is C34H49N3O7. The van der Waals surface area contributed by atoms with E-state index in [1.54, 1.807) is 87.4 Å². The normalized spacial score (nSPS) is 14.1. The summed E-state index contributed by atoms with van der Waals surface area (Å²) in [4.78, 5) is 55.7. The van der Waals surface area contributed by atoms with Crippen molar-refractivity contribution in [3.8, 4) is 5.75 Å². The number of hydrogen-bond acceptors (Lipinski definition) is 7. The molecule has 3 amide bonds. The molecule has 0 radical (unpaired) electrons. The smallest absolute Gasteiger partial charge is 0.408 e. The number of aromatic hydroxyl groups is 1. The Morgan fingerprint density at radius 3 is 1.91 bits per heavy atom. The van der Waals surface area contributed by atoms with Gasteiger partial charge in [-0.25, -0.2) is 9.59 Å². The van der Waals surface area contributed by atoms with Gasteiger partial charge in [-0.15, -0.1) is 0 Å². The molecule has 3 atom stereocenters. The van der Waals surface area contributed by atoms with Crippen molar-refractivity contribution in [2.24, 2.45) is 0 Å². The Kier molecular flexibility index (Phi) is 11.6. The zero-order valence-electron chi connectivity index (χ0n) is 27.9. The fourth-order valence-corrected chi connectivity index (χ4v) is 4.57. The average Bonchev–Trinajstić information content (AvgIpc) is 2.86. The Morgan fingerprint density at radius 1 is 0.818 bits per heavy atom. The number of esters is 1. The molecule has 44 heavy (non-hydrogen) atoms. The van der Waals surface area contributed by atoms with E-state index in [0.717, 1.165) is 5.56 Å². The molecule has 0 aliphatic rings. The third kappa shape index (κ3) is 10.6. The number of hydrogen-bond donors (Lipinski definition) is 3. The van der Waals surface area contributed by atoms with Gasteiger partial charge < -0.3 is 30.1 Å². The number of nitrogens with zero attached hydrogens (tertiary/aromatic N) is 1. The number of rotatable bonds is 9. The highest BCUT2D eigenvalue weighted by atomic mass is 16.6.